The number of halogens is 1. The number of imidazole rings is 1. The molecule has 0 atom stereocenters. The quantitative estimate of drug-likeness (QED) is 0.253. The van der Waals surface area contributed by atoms with Crippen LogP contribution in [0.3, 0.4) is 0 Å². The van der Waals surface area contributed by atoms with Crippen molar-refractivity contribution in [2.75, 3.05) is 0 Å². The lowest BCUT2D eigenvalue weighted by Crippen LogP contribution is -2.31. The van der Waals surface area contributed by atoms with E-state index in [-0.39, 0.29) is 10.6 Å². The second kappa shape index (κ2) is 10.3. The lowest BCUT2D eigenvalue weighted by molar-refractivity contribution is 0.0976. The summed E-state index contributed by atoms with van der Waals surface area (Å²) in [6, 6.07) is 20.3. The first-order chi connectivity index (χ1) is 18.2. The fraction of sp³-hybridized carbons (Fsp3) is 0.207. The number of carbonyl (C=O) groups is 1. The lowest BCUT2D eigenvalue weighted by Gasteiger charge is -2.13. The highest BCUT2D eigenvalue weighted by molar-refractivity contribution is 9.10. The maximum atomic E-state index is 13.2. The van der Waals surface area contributed by atoms with E-state index in [2.05, 4.69) is 49.9 Å². The van der Waals surface area contributed by atoms with Crippen LogP contribution in [0.5, 0.6) is 0 Å². The number of rotatable bonds is 7. The Balaban J connectivity index is 1.57. The van der Waals surface area contributed by atoms with Crippen LogP contribution in [0.2, 0.25) is 0 Å². The van der Waals surface area contributed by atoms with Gasteiger partial charge in [-0.15, -0.1) is 0 Å². The van der Waals surface area contributed by atoms with Crippen LogP contribution in [-0.2, 0) is 29.4 Å². The standard InChI is InChI=1S/C29H27BrN4O3S/c1-4-19-16-24(29(35)33-38(36,37)22-14-10-18(3)11-15-22)31-28-27(19)32-25(5-2)34(28)17-21-13-12-20-8-6-7-9-23(20)26(21)30/h6-16H,4-5,17H2,1-3H3,(H,33,35). The number of pyridine rings is 1. The molecule has 0 fully saturated rings. The number of hydrogen-bond acceptors (Lipinski definition) is 5. The highest BCUT2D eigenvalue weighted by Crippen LogP contribution is 2.30. The second-order valence-corrected chi connectivity index (χ2v) is 11.6. The largest absolute Gasteiger partial charge is 0.308 e. The van der Waals surface area contributed by atoms with Crippen molar-refractivity contribution in [2.45, 2.75) is 45.1 Å². The van der Waals surface area contributed by atoms with E-state index in [1.165, 1.54) is 12.1 Å². The van der Waals surface area contributed by atoms with Crippen molar-refractivity contribution in [2.24, 2.45) is 0 Å². The molecule has 0 saturated heterocycles. The second-order valence-electron chi connectivity index (χ2n) is 9.17. The van der Waals surface area contributed by atoms with Crippen LogP contribution in [-0.4, -0.2) is 28.9 Å². The van der Waals surface area contributed by atoms with Gasteiger partial charge in [0.25, 0.3) is 15.9 Å². The Kier molecular flexibility index (Phi) is 7.07. The number of carbonyl (C=O) groups excluding carboxylic acids is 1. The summed E-state index contributed by atoms with van der Waals surface area (Å²) < 4.78 is 30.9. The molecule has 5 aromatic rings. The van der Waals surface area contributed by atoms with Crippen LogP contribution in [0.15, 0.2) is 76.1 Å². The van der Waals surface area contributed by atoms with E-state index in [1.54, 1.807) is 18.2 Å². The van der Waals surface area contributed by atoms with Gasteiger partial charge in [-0.3, -0.25) is 4.79 Å². The van der Waals surface area contributed by atoms with Crippen molar-refractivity contribution >= 4 is 53.8 Å². The zero-order valence-corrected chi connectivity index (χ0v) is 23.7. The van der Waals surface area contributed by atoms with Crippen LogP contribution in [0.25, 0.3) is 21.9 Å². The topological polar surface area (TPSA) is 93.9 Å². The van der Waals surface area contributed by atoms with Crippen LogP contribution in [0.4, 0.5) is 0 Å². The predicted molar refractivity (Wildman–Crippen MR) is 153 cm³/mol. The molecule has 2 heterocycles. The third-order valence-electron chi connectivity index (χ3n) is 6.62. The maximum Gasteiger partial charge on any atom is 0.283 e. The summed E-state index contributed by atoms with van der Waals surface area (Å²) in [6.45, 7) is 6.36. The summed E-state index contributed by atoms with van der Waals surface area (Å²) in [5.74, 6) is 0.0620. The SMILES string of the molecule is CCc1cc(C(=O)NS(=O)(=O)c2ccc(C)cc2)nc2c1nc(CC)n2Cc1ccc2ccccc2c1Br. The first kappa shape index (κ1) is 26.1. The molecule has 194 valence electrons. The molecule has 0 unspecified atom stereocenters. The Morgan fingerprint density at radius 1 is 0.947 bits per heavy atom. The monoisotopic (exact) mass is 590 g/mol. The molecule has 3 aromatic carbocycles. The Morgan fingerprint density at radius 2 is 1.68 bits per heavy atom. The lowest BCUT2D eigenvalue weighted by atomic mass is 10.1. The minimum atomic E-state index is -4.05. The van der Waals surface area contributed by atoms with Gasteiger partial charge in [-0.25, -0.2) is 23.1 Å². The van der Waals surface area contributed by atoms with Crippen molar-refractivity contribution in [3.05, 3.63) is 99.4 Å². The molecular weight excluding hydrogens is 564 g/mol. The van der Waals surface area contributed by atoms with E-state index < -0.39 is 15.9 Å². The van der Waals surface area contributed by atoms with Gasteiger partial charge in [0, 0.05) is 10.9 Å². The van der Waals surface area contributed by atoms with Gasteiger partial charge < -0.3 is 4.57 Å². The maximum absolute atomic E-state index is 13.2. The molecular formula is C29H27BrN4O3S. The average Bonchev–Trinajstić information content (AvgIpc) is 3.27. The molecule has 0 radical (unpaired) electrons. The first-order valence-electron chi connectivity index (χ1n) is 12.4. The third kappa shape index (κ3) is 4.83. The molecule has 0 aliphatic carbocycles. The Morgan fingerprint density at radius 3 is 2.39 bits per heavy atom. The number of benzene rings is 3. The van der Waals surface area contributed by atoms with E-state index in [4.69, 9.17) is 4.98 Å². The zero-order chi connectivity index (χ0) is 27.0. The Labute approximate surface area is 230 Å². The summed E-state index contributed by atoms with van der Waals surface area (Å²) in [7, 11) is -4.05. The molecule has 38 heavy (non-hydrogen) atoms. The number of sulfonamides is 1. The van der Waals surface area contributed by atoms with Gasteiger partial charge in [0.2, 0.25) is 0 Å². The van der Waals surface area contributed by atoms with Crippen molar-refractivity contribution in [1.82, 2.24) is 19.3 Å². The summed E-state index contributed by atoms with van der Waals surface area (Å²) in [5.41, 5.74) is 4.12. The fourth-order valence-corrected chi connectivity index (χ4v) is 6.12. The van der Waals surface area contributed by atoms with Gasteiger partial charge >= 0.3 is 0 Å². The number of hydrogen-bond donors (Lipinski definition) is 1. The normalized spacial score (nSPS) is 11.8. The Bertz CT molecular complexity index is 1800. The molecule has 2 aromatic heterocycles. The summed E-state index contributed by atoms with van der Waals surface area (Å²) in [6.07, 6.45) is 1.29. The fourth-order valence-electron chi connectivity index (χ4n) is 4.54. The van der Waals surface area contributed by atoms with Gasteiger partial charge in [0.15, 0.2) is 5.65 Å². The molecule has 0 saturated carbocycles. The predicted octanol–water partition coefficient (Wildman–Crippen LogP) is 5.95. The van der Waals surface area contributed by atoms with E-state index in [1.807, 2.05) is 37.5 Å². The molecule has 1 N–H and O–H groups in total. The van der Waals surface area contributed by atoms with Crippen LogP contribution >= 0.6 is 15.9 Å². The van der Waals surface area contributed by atoms with Gasteiger partial charge in [-0.05, 0) is 69.4 Å². The van der Waals surface area contributed by atoms with Gasteiger partial charge in [-0.1, -0.05) is 67.9 Å². The van der Waals surface area contributed by atoms with Crippen molar-refractivity contribution in [3.63, 3.8) is 0 Å². The number of nitrogens with zero attached hydrogens (tertiary/aromatic N) is 3. The van der Waals surface area contributed by atoms with Crippen molar-refractivity contribution < 1.29 is 13.2 Å². The number of aromatic nitrogens is 3. The van der Waals surface area contributed by atoms with Crippen molar-refractivity contribution in [3.8, 4) is 0 Å². The summed E-state index contributed by atoms with van der Waals surface area (Å²) in [4.78, 5) is 22.7. The molecule has 0 bridgehead atoms. The van der Waals surface area contributed by atoms with E-state index in [0.717, 1.165) is 43.3 Å². The highest BCUT2D eigenvalue weighted by Gasteiger charge is 2.23. The van der Waals surface area contributed by atoms with Gasteiger partial charge in [0.05, 0.1) is 11.4 Å². The molecule has 0 aliphatic rings. The zero-order valence-electron chi connectivity index (χ0n) is 21.3. The van der Waals surface area contributed by atoms with Gasteiger partial charge in [-0.2, -0.15) is 0 Å². The summed E-state index contributed by atoms with van der Waals surface area (Å²) >= 11 is 3.78. The molecule has 1 amide bonds. The average molecular weight is 592 g/mol. The van der Waals surface area contributed by atoms with Crippen LogP contribution in [0, 0.1) is 6.92 Å². The number of aryl methyl sites for hydroxylation is 3. The van der Waals surface area contributed by atoms with Gasteiger partial charge in [0.1, 0.15) is 17.0 Å². The van der Waals surface area contributed by atoms with E-state index in [9.17, 15) is 13.2 Å². The smallest absolute Gasteiger partial charge is 0.283 e. The van der Waals surface area contributed by atoms with Crippen LogP contribution < -0.4 is 4.72 Å². The van der Waals surface area contributed by atoms with Crippen molar-refractivity contribution in [1.29, 1.82) is 0 Å². The number of amides is 1. The molecule has 0 spiro atoms. The molecule has 7 nitrogen and oxygen atoms in total. The van der Waals surface area contributed by atoms with E-state index >= 15 is 0 Å². The number of nitrogens with one attached hydrogen (secondary N) is 1. The minimum Gasteiger partial charge on any atom is -0.308 e. The molecule has 9 heteroatoms. The Hall–Kier alpha value is -3.56. The highest BCUT2D eigenvalue weighted by atomic mass is 79.9. The molecule has 0 aliphatic heterocycles. The molecule has 5 rings (SSSR count). The minimum absolute atomic E-state index is 0.0210. The number of fused-ring (bicyclic) bond motifs is 2. The van der Waals surface area contributed by atoms with E-state index in [0.29, 0.717) is 25.0 Å². The first-order valence-corrected chi connectivity index (χ1v) is 14.7. The summed E-state index contributed by atoms with van der Waals surface area (Å²) in [5, 5.41) is 2.24. The van der Waals surface area contributed by atoms with Crippen LogP contribution in [0.1, 0.15) is 46.9 Å². The third-order valence-corrected chi connectivity index (χ3v) is 8.90.